The van der Waals surface area contributed by atoms with Crippen LogP contribution in [0, 0.1) is 0 Å². The minimum absolute atomic E-state index is 0. The first-order valence-electron chi connectivity index (χ1n) is 8.35. The van der Waals surface area contributed by atoms with E-state index in [4.69, 9.17) is 10.5 Å². The third-order valence-corrected chi connectivity index (χ3v) is 3.87. The number of hydrogen-bond acceptors (Lipinski definition) is 4. The Kier molecular flexibility index (Phi) is 9.41. The van der Waals surface area contributed by atoms with Gasteiger partial charge in [-0.1, -0.05) is 42.5 Å². The predicted molar refractivity (Wildman–Crippen MR) is 105 cm³/mol. The summed E-state index contributed by atoms with van der Waals surface area (Å²) in [7, 11) is 0. The lowest BCUT2D eigenvalue weighted by Crippen LogP contribution is -2.39. The third kappa shape index (κ3) is 6.86. The lowest BCUT2D eigenvalue weighted by molar-refractivity contribution is -0.133. The van der Waals surface area contributed by atoms with E-state index in [0.717, 1.165) is 6.42 Å². The van der Waals surface area contributed by atoms with Gasteiger partial charge < -0.3 is 15.4 Å². The number of Topliss-reactive ketones (excluding diaryl/α,β-unsaturated/α-hetero) is 1. The van der Waals surface area contributed by atoms with E-state index < -0.39 is 0 Å². The van der Waals surface area contributed by atoms with Crippen molar-refractivity contribution in [1.29, 1.82) is 0 Å². The van der Waals surface area contributed by atoms with Crippen LogP contribution in [0.3, 0.4) is 0 Å². The van der Waals surface area contributed by atoms with E-state index in [9.17, 15) is 9.59 Å². The number of ether oxygens (including phenoxy) is 1. The largest absolute Gasteiger partial charge is 0.484 e. The Hall–Kier alpha value is -2.37. The summed E-state index contributed by atoms with van der Waals surface area (Å²) in [4.78, 5) is 25.5. The number of halogens is 1. The van der Waals surface area contributed by atoms with E-state index >= 15 is 0 Å². The molecule has 2 N–H and O–H groups in total. The van der Waals surface area contributed by atoms with E-state index in [-0.39, 0.29) is 30.7 Å². The minimum atomic E-state index is -0.116. The maximum atomic E-state index is 12.4. The van der Waals surface area contributed by atoms with Gasteiger partial charge in [0.2, 0.25) is 0 Å². The highest BCUT2D eigenvalue weighted by molar-refractivity contribution is 5.94. The molecule has 0 aliphatic carbocycles. The molecule has 26 heavy (non-hydrogen) atoms. The van der Waals surface area contributed by atoms with Crippen molar-refractivity contribution in [1.82, 2.24) is 4.90 Å². The quantitative estimate of drug-likeness (QED) is 0.683. The van der Waals surface area contributed by atoms with Gasteiger partial charge in [0.15, 0.2) is 12.4 Å². The zero-order valence-corrected chi connectivity index (χ0v) is 15.7. The molecule has 0 radical (unpaired) electrons. The van der Waals surface area contributed by atoms with Gasteiger partial charge in [-0.2, -0.15) is 0 Å². The Labute approximate surface area is 160 Å². The summed E-state index contributed by atoms with van der Waals surface area (Å²) >= 11 is 0. The average molecular weight is 377 g/mol. The molecule has 0 aromatic heterocycles. The fraction of sp³-hybridized carbons (Fsp3) is 0.300. The molecule has 2 rings (SSSR count). The minimum Gasteiger partial charge on any atom is -0.484 e. The summed E-state index contributed by atoms with van der Waals surface area (Å²) in [5.41, 5.74) is 7.36. The zero-order chi connectivity index (χ0) is 18.1. The fourth-order valence-corrected chi connectivity index (χ4v) is 2.47. The van der Waals surface area contributed by atoms with E-state index in [1.807, 2.05) is 30.3 Å². The molecular formula is C20H25ClN2O3. The second kappa shape index (κ2) is 11.3. The maximum Gasteiger partial charge on any atom is 0.260 e. The number of rotatable bonds is 9. The Bertz CT molecular complexity index is 707. The molecule has 0 fully saturated rings. The average Bonchev–Trinajstić information content (AvgIpc) is 2.64. The molecule has 5 nitrogen and oxygen atoms in total. The smallest absolute Gasteiger partial charge is 0.260 e. The molecule has 0 unspecified atom stereocenters. The van der Waals surface area contributed by atoms with Gasteiger partial charge in [-0.15, -0.1) is 12.4 Å². The van der Waals surface area contributed by atoms with Gasteiger partial charge in [-0.3, -0.25) is 9.59 Å². The lowest BCUT2D eigenvalue weighted by atomic mass is 10.1. The first kappa shape index (κ1) is 21.7. The van der Waals surface area contributed by atoms with Crippen molar-refractivity contribution in [3.8, 4) is 5.75 Å². The molecule has 140 valence electrons. The highest BCUT2D eigenvalue weighted by Gasteiger charge is 2.14. The van der Waals surface area contributed by atoms with Crippen molar-refractivity contribution >= 4 is 24.1 Å². The zero-order valence-electron chi connectivity index (χ0n) is 14.9. The van der Waals surface area contributed by atoms with Crippen LogP contribution in [0.4, 0.5) is 0 Å². The van der Waals surface area contributed by atoms with Crippen LogP contribution >= 0.6 is 12.4 Å². The fourth-order valence-electron chi connectivity index (χ4n) is 2.47. The van der Waals surface area contributed by atoms with Gasteiger partial charge in [0.25, 0.3) is 5.91 Å². The molecule has 6 heteroatoms. The maximum absolute atomic E-state index is 12.4. The second-order valence-electron chi connectivity index (χ2n) is 5.78. The summed E-state index contributed by atoms with van der Waals surface area (Å²) < 4.78 is 5.55. The Morgan fingerprint density at radius 1 is 1.04 bits per heavy atom. The molecule has 0 saturated carbocycles. The second-order valence-corrected chi connectivity index (χ2v) is 5.78. The molecule has 0 aliphatic heterocycles. The van der Waals surface area contributed by atoms with Crippen molar-refractivity contribution in [2.45, 2.75) is 13.3 Å². The number of nitrogens with two attached hydrogens (primary N) is 1. The van der Waals surface area contributed by atoms with E-state index in [2.05, 4.69) is 0 Å². The highest BCUT2D eigenvalue weighted by Crippen LogP contribution is 2.14. The normalized spacial score (nSPS) is 9.92. The van der Waals surface area contributed by atoms with Crippen LogP contribution in [0.5, 0.6) is 5.75 Å². The Morgan fingerprint density at radius 3 is 2.42 bits per heavy atom. The highest BCUT2D eigenvalue weighted by atomic mass is 35.5. The van der Waals surface area contributed by atoms with Crippen LogP contribution in [-0.4, -0.2) is 42.8 Å². The third-order valence-electron chi connectivity index (χ3n) is 3.87. The number of carbonyl (C=O) groups is 2. The predicted octanol–water partition coefficient (Wildman–Crippen LogP) is 2.72. The van der Waals surface area contributed by atoms with Crippen LogP contribution in [-0.2, 0) is 11.2 Å². The van der Waals surface area contributed by atoms with Crippen molar-refractivity contribution in [3.63, 3.8) is 0 Å². The van der Waals surface area contributed by atoms with Gasteiger partial charge in [0.05, 0.1) is 0 Å². The molecule has 0 spiro atoms. The summed E-state index contributed by atoms with van der Waals surface area (Å²) in [6, 6.07) is 16.8. The standard InChI is InChI=1S/C20H24N2O3.ClH/c1-16(23)18-8-5-9-19(14-18)25-15-20(24)22(13-11-21)12-10-17-6-3-2-4-7-17;/h2-9,14H,10-13,15,21H2,1H3;1H. The van der Waals surface area contributed by atoms with Crippen LogP contribution in [0.2, 0.25) is 0 Å². The summed E-state index contributed by atoms with van der Waals surface area (Å²) in [5, 5.41) is 0. The van der Waals surface area contributed by atoms with Crippen LogP contribution < -0.4 is 10.5 Å². The van der Waals surface area contributed by atoms with Crippen LogP contribution in [0.15, 0.2) is 54.6 Å². The summed E-state index contributed by atoms with van der Waals surface area (Å²) in [6.07, 6.45) is 0.770. The number of ketones is 1. The van der Waals surface area contributed by atoms with Gasteiger partial charge >= 0.3 is 0 Å². The SMILES string of the molecule is CC(=O)c1cccc(OCC(=O)N(CCN)CCc2ccccc2)c1.Cl. The van der Waals surface area contributed by atoms with E-state index in [1.54, 1.807) is 29.2 Å². The van der Waals surface area contributed by atoms with Gasteiger partial charge in [-0.25, -0.2) is 0 Å². The topological polar surface area (TPSA) is 72.6 Å². The van der Waals surface area contributed by atoms with Gasteiger partial charge in [0, 0.05) is 25.2 Å². The van der Waals surface area contributed by atoms with Crippen LogP contribution in [0.1, 0.15) is 22.8 Å². The van der Waals surface area contributed by atoms with Gasteiger partial charge in [0.1, 0.15) is 5.75 Å². The van der Waals surface area contributed by atoms with Crippen molar-refractivity contribution in [2.75, 3.05) is 26.2 Å². The Morgan fingerprint density at radius 2 is 1.77 bits per heavy atom. The van der Waals surface area contributed by atoms with Crippen LogP contribution in [0.25, 0.3) is 0 Å². The molecule has 1 amide bonds. The Balaban J connectivity index is 0.00000338. The molecule has 0 aliphatic rings. The number of benzene rings is 2. The van der Waals surface area contributed by atoms with E-state index in [0.29, 0.717) is 30.9 Å². The van der Waals surface area contributed by atoms with Crippen molar-refractivity contribution in [3.05, 3.63) is 65.7 Å². The molecule has 0 saturated heterocycles. The van der Waals surface area contributed by atoms with E-state index in [1.165, 1.54) is 12.5 Å². The first-order chi connectivity index (χ1) is 12.1. The summed E-state index contributed by atoms with van der Waals surface area (Å²) in [6.45, 7) is 2.91. The molecule has 0 heterocycles. The number of carbonyl (C=O) groups excluding carboxylic acids is 2. The van der Waals surface area contributed by atoms with Gasteiger partial charge in [-0.05, 0) is 31.0 Å². The summed E-state index contributed by atoms with van der Waals surface area (Å²) in [5.74, 6) is 0.357. The molecule has 0 bridgehead atoms. The number of amides is 1. The first-order valence-corrected chi connectivity index (χ1v) is 8.35. The number of nitrogens with zero attached hydrogens (tertiary/aromatic N) is 1. The number of hydrogen-bond donors (Lipinski definition) is 1. The van der Waals surface area contributed by atoms with Crippen molar-refractivity contribution in [2.24, 2.45) is 5.73 Å². The molecule has 0 atom stereocenters. The molecule has 2 aromatic carbocycles. The molecular weight excluding hydrogens is 352 g/mol. The monoisotopic (exact) mass is 376 g/mol. The molecule has 2 aromatic rings. The lowest BCUT2D eigenvalue weighted by Gasteiger charge is -2.22. The van der Waals surface area contributed by atoms with Crippen molar-refractivity contribution < 1.29 is 14.3 Å².